The fraction of sp³-hybridized carbons (Fsp3) is 0.462. The number of rotatable bonds is 4. The molecule has 0 saturated heterocycles. The molecule has 0 atom stereocenters. The molecule has 0 amide bonds. The van der Waals surface area contributed by atoms with Crippen molar-refractivity contribution >= 4 is 11.6 Å². The van der Waals surface area contributed by atoms with E-state index in [-0.39, 0.29) is 12.9 Å². The minimum absolute atomic E-state index is 0.116. The predicted octanol–water partition coefficient (Wildman–Crippen LogP) is 2.88. The molecule has 17 heavy (non-hydrogen) atoms. The van der Waals surface area contributed by atoms with Crippen LogP contribution >= 0.6 is 11.6 Å². The summed E-state index contributed by atoms with van der Waals surface area (Å²) in [6, 6.07) is 9.86. The van der Waals surface area contributed by atoms with Crippen LogP contribution in [-0.4, -0.2) is 20.0 Å². The van der Waals surface area contributed by atoms with Crippen molar-refractivity contribution in [1.82, 2.24) is 0 Å². The van der Waals surface area contributed by atoms with Crippen LogP contribution in [0.15, 0.2) is 24.3 Å². The summed E-state index contributed by atoms with van der Waals surface area (Å²) >= 11 is 5.84. The van der Waals surface area contributed by atoms with Gasteiger partial charge in [0.15, 0.2) is 0 Å². The van der Waals surface area contributed by atoms with Crippen LogP contribution in [0.5, 0.6) is 0 Å². The number of hydrogen-bond acceptors (Lipinski definition) is 3. The van der Waals surface area contributed by atoms with E-state index in [0.29, 0.717) is 17.9 Å². The normalized spacial score (nSPS) is 27.2. The lowest BCUT2D eigenvalue weighted by molar-refractivity contribution is -0.112. The number of benzene rings is 1. The number of nitrogens with zero attached hydrogens (tertiary/aromatic N) is 1. The number of methoxy groups -OCH3 is 1. The van der Waals surface area contributed by atoms with Gasteiger partial charge in [0.05, 0.1) is 17.6 Å². The molecule has 0 unspecified atom stereocenters. The average molecular weight is 252 g/mol. The number of ether oxygens (including phenoxy) is 2. The Kier molecular flexibility index (Phi) is 3.68. The summed E-state index contributed by atoms with van der Waals surface area (Å²) in [5, 5.41) is 10.0. The van der Waals surface area contributed by atoms with Crippen molar-refractivity contribution in [3.63, 3.8) is 0 Å². The SMILES string of the molecule is COCOC1CC(C#N)(c2ccc(Cl)cc2)C1. The largest absolute Gasteiger partial charge is 0.359 e. The van der Waals surface area contributed by atoms with Gasteiger partial charge < -0.3 is 9.47 Å². The maximum absolute atomic E-state index is 9.33. The zero-order valence-corrected chi connectivity index (χ0v) is 10.4. The second kappa shape index (κ2) is 5.05. The van der Waals surface area contributed by atoms with E-state index in [1.54, 1.807) is 7.11 Å². The molecule has 4 heteroatoms. The molecule has 0 aliphatic heterocycles. The van der Waals surface area contributed by atoms with E-state index < -0.39 is 5.41 Å². The Morgan fingerprint density at radius 2 is 2.06 bits per heavy atom. The Morgan fingerprint density at radius 1 is 1.41 bits per heavy atom. The Hall–Kier alpha value is -1.08. The van der Waals surface area contributed by atoms with Gasteiger partial charge in [-0.05, 0) is 30.5 Å². The van der Waals surface area contributed by atoms with Gasteiger partial charge in [0, 0.05) is 12.1 Å². The van der Waals surface area contributed by atoms with Crippen molar-refractivity contribution in [2.45, 2.75) is 24.4 Å². The van der Waals surface area contributed by atoms with Gasteiger partial charge in [0.25, 0.3) is 0 Å². The van der Waals surface area contributed by atoms with Crippen LogP contribution in [0.1, 0.15) is 18.4 Å². The number of halogens is 1. The molecule has 0 aromatic heterocycles. The smallest absolute Gasteiger partial charge is 0.146 e. The van der Waals surface area contributed by atoms with Crippen molar-refractivity contribution < 1.29 is 9.47 Å². The first-order chi connectivity index (χ1) is 8.20. The van der Waals surface area contributed by atoms with E-state index in [9.17, 15) is 5.26 Å². The molecule has 1 aromatic carbocycles. The van der Waals surface area contributed by atoms with E-state index >= 15 is 0 Å². The van der Waals surface area contributed by atoms with Crippen molar-refractivity contribution in [2.75, 3.05) is 13.9 Å². The predicted molar refractivity (Wildman–Crippen MR) is 64.7 cm³/mol. The Bertz CT molecular complexity index is 418. The van der Waals surface area contributed by atoms with E-state index in [0.717, 1.165) is 5.56 Å². The number of hydrogen-bond donors (Lipinski definition) is 0. The molecule has 0 bridgehead atoms. The molecule has 1 aromatic rings. The molecule has 90 valence electrons. The van der Waals surface area contributed by atoms with E-state index in [1.165, 1.54) is 0 Å². The summed E-state index contributed by atoms with van der Waals surface area (Å²) in [6.07, 6.45) is 1.55. The number of nitriles is 1. The second-order valence-electron chi connectivity index (χ2n) is 4.30. The first kappa shape index (κ1) is 12.4. The highest BCUT2D eigenvalue weighted by Crippen LogP contribution is 2.45. The Morgan fingerprint density at radius 3 is 2.59 bits per heavy atom. The summed E-state index contributed by atoms with van der Waals surface area (Å²) in [4.78, 5) is 0. The minimum atomic E-state index is -0.414. The molecule has 1 saturated carbocycles. The first-order valence-corrected chi connectivity index (χ1v) is 5.86. The quantitative estimate of drug-likeness (QED) is 0.773. The lowest BCUT2D eigenvalue weighted by atomic mass is 9.64. The molecular formula is C13H14ClNO2. The van der Waals surface area contributed by atoms with Gasteiger partial charge in [-0.1, -0.05) is 23.7 Å². The highest BCUT2D eigenvalue weighted by molar-refractivity contribution is 6.30. The summed E-state index contributed by atoms with van der Waals surface area (Å²) in [6.45, 7) is 0.285. The van der Waals surface area contributed by atoms with E-state index in [1.807, 2.05) is 24.3 Å². The van der Waals surface area contributed by atoms with Crippen LogP contribution in [0, 0.1) is 11.3 Å². The van der Waals surface area contributed by atoms with Crippen LogP contribution in [0.4, 0.5) is 0 Å². The molecule has 1 fully saturated rings. The van der Waals surface area contributed by atoms with Gasteiger partial charge in [0.2, 0.25) is 0 Å². The van der Waals surface area contributed by atoms with Crippen LogP contribution in [0.2, 0.25) is 5.02 Å². The maximum Gasteiger partial charge on any atom is 0.146 e. The zero-order chi connectivity index (χ0) is 12.3. The van der Waals surface area contributed by atoms with Crippen molar-refractivity contribution in [3.8, 4) is 6.07 Å². The zero-order valence-electron chi connectivity index (χ0n) is 9.65. The lowest BCUT2D eigenvalue weighted by Gasteiger charge is -2.42. The highest BCUT2D eigenvalue weighted by Gasteiger charge is 2.46. The summed E-state index contributed by atoms with van der Waals surface area (Å²) < 4.78 is 10.3. The summed E-state index contributed by atoms with van der Waals surface area (Å²) in [7, 11) is 1.59. The molecule has 0 heterocycles. The fourth-order valence-electron chi connectivity index (χ4n) is 2.16. The summed E-state index contributed by atoms with van der Waals surface area (Å²) in [5.74, 6) is 0. The van der Waals surface area contributed by atoms with Gasteiger partial charge in [-0.15, -0.1) is 0 Å². The van der Waals surface area contributed by atoms with Gasteiger partial charge in [0.1, 0.15) is 6.79 Å². The fourth-order valence-corrected chi connectivity index (χ4v) is 2.29. The van der Waals surface area contributed by atoms with Crippen LogP contribution in [-0.2, 0) is 14.9 Å². The molecular weight excluding hydrogens is 238 g/mol. The van der Waals surface area contributed by atoms with Crippen molar-refractivity contribution in [2.24, 2.45) is 0 Å². The van der Waals surface area contributed by atoms with Gasteiger partial charge in [-0.3, -0.25) is 0 Å². The van der Waals surface area contributed by atoms with E-state index in [2.05, 4.69) is 6.07 Å². The minimum Gasteiger partial charge on any atom is -0.359 e. The molecule has 1 aliphatic rings. The molecule has 0 spiro atoms. The van der Waals surface area contributed by atoms with Gasteiger partial charge in [-0.25, -0.2) is 0 Å². The van der Waals surface area contributed by atoms with Crippen molar-refractivity contribution in [1.29, 1.82) is 5.26 Å². The van der Waals surface area contributed by atoms with Gasteiger partial charge in [-0.2, -0.15) is 5.26 Å². The first-order valence-electron chi connectivity index (χ1n) is 5.48. The van der Waals surface area contributed by atoms with Crippen LogP contribution < -0.4 is 0 Å². The molecule has 1 aliphatic carbocycles. The maximum atomic E-state index is 9.33. The third-order valence-corrected chi connectivity index (χ3v) is 3.44. The average Bonchev–Trinajstić information content (AvgIpc) is 2.30. The van der Waals surface area contributed by atoms with E-state index in [4.69, 9.17) is 21.1 Å². The summed E-state index contributed by atoms with van der Waals surface area (Å²) in [5.41, 5.74) is 0.602. The van der Waals surface area contributed by atoms with Crippen molar-refractivity contribution in [3.05, 3.63) is 34.9 Å². The van der Waals surface area contributed by atoms with Gasteiger partial charge >= 0.3 is 0 Å². The Labute approximate surface area is 106 Å². The molecule has 0 N–H and O–H groups in total. The molecule has 3 nitrogen and oxygen atoms in total. The molecule has 0 radical (unpaired) electrons. The molecule has 2 rings (SSSR count). The monoisotopic (exact) mass is 251 g/mol. The Balaban J connectivity index is 2.04. The highest BCUT2D eigenvalue weighted by atomic mass is 35.5. The standard InChI is InChI=1S/C13H14ClNO2/c1-16-9-17-12-6-13(7-12,8-15)10-2-4-11(14)5-3-10/h2-5,12H,6-7,9H2,1H3. The second-order valence-corrected chi connectivity index (χ2v) is 4.74. The third-order valence-electron chi connectivity index (χ3n) is 3.18. The lowest BCUT2D eigenvalue weighted by Crippen LogP contribution is -2.45. The third kappa shape index (κ3) is 2.44. The van der Waals surface area contributed by atoms with Crippen LogP contribution in [0.25, 0.3) is 0 Å². The van der Waals surface area contributed by atoms with Crippen LogP contribution in [0.3, 0.4) is 0 Å². The topological polar surface area (TPSA) is 42.2 Å².